The summed E-state index contributed by atoms with van der Waals surface area (Å²) in [7, 11) is -1.14. The predicted octanol–water partition coefficient (Wildman–Crippen LogP) is 1.39. The van der Waals surface area contributed by atoms with Crippen molar-refractivity contribution in [1.29, 1.82) is 0 Å². The highest BCUT2D eigenvalue weighted by atomic mass is 28.2. The van der Waals surface area contributed by atoms with Crippen LogP contribution >= 0.6 is 0 Å². The zero-order chi connectivity index (χ0) is 15.1. The second kappa shape index (κ2) is 8.68. The van der Waals surface area contributed by atoms with Crippen LogP contribution < -0.4 is 0 Å². The molecule has 0 aromatic heterocycles. The Hall–Kier alpha value is -0.436. The number of hydrogen-bond donors (Lipinski definition) is 0. The Kier molecular flexibility index (Phi) is 8.48. The van der Waals surface area contributed by atoms with E-state index in [-0.39, 0.29) is 23.6 Å². The second-order valence-corrected chi connectivity index (χ2v) is 6.85. The van der Waals surface area contributed by atoms with E-state index in [9.17, 15) is 4.79 Å². The van der Waals surface area contributed by atoms with Crippen molar-refractivity contribution in [2.75, 3.05) is 6.61 Å². The molecule has 112 valence electrons. The van der Waals surface area contributed by atoms with Crippen molar-refractivity contribution < 1.29 is 18.4 Å². The lowest BCUT2D eigenvalue weighted by atomic mass is 9.75. The lowest BCUT2D eigenvalue weighted by molar-refractivity contribution is -0.141. The maximum atomic E-state index is 11.8. The van der Waals surface area contributed by atoms with Crippen LogP contribution in [0.15, 0.2) is 12.2 Å². The minimum absolute atomic E-state index is 0.0577. The summed E-state index contributed by atoms with van der Waals surface area (Å²) in [5.74, 6) is -0.387. The highest BCUT2D eigenvalue weighted by Crippen LogP contribution is 2.37. The molecule has 19 heavy (non-hydrogen) atoms. The highest BCUT2D eigenvalue weighted by Gasteiger charge is 2.39. The number of carbonyl (C=O) groups is 1. The maximum Gasteiger partial charge on any atom is 0.333 e. The normalized spacial score (nSPS) is 16.1. The van der Waals surface area contributed by atoms with Crippen molar-refractivity contribution in [1.82, 2.24) is 0 Å². The van der Waals surface area contributed by atoms with Crippen LogP contribution in [-0.4, -0.2) is 38.4 Å². The molecule has 0 heterocycles. The minimum Gasteiger partial charge on any atom is -0.463 e. The summed E-state index contributed by atoms with van der Waals surface area (Å²) in [6.45, 7) is 16.3. The number of carbonyl (C=O) groups excluding carboxylic acids is 1. The van der Waals surface area contributed by atoms with Gasteiger partial charge in [-0.1, -0.05) is 40.4 Å². The van der Waals surface area contributed by atoms with E-state index in [0.29, 0.717) is 12.2 Å². The van der Waals surface area contributed by atoms with E-state index in [1.165, 1.54) is 0 Å². The topological polar surface area (TPSA) is 44.8 Å². The zero-order valence-electron chi connectivity index (χ0n) is 13.1. The van der Waals surface area contributed by atoms with Crippen LogP contribution in [0.25, 0.3) is 0 Å². The van der Waals surface area contributed by atoms with Crippen molar-refractivity contribution in [2.45, 2.75) is 47.1 Å². The van der Waals surface area contributed by atoms with Crippen molar-refractivity contribution >= 4 is 25.5 Å². The number of esters is 1. The fourth-order valence-electron chi connectivity index (χ4n) is 1.83. The molecule has 0 aromatic rings. The van der Waals surface area contributed by atoms with Crippen LogP contribution in [-0.2, 0) is 18.4 Å². The third-order valence-corrected chi connectivity index (χ3v) is 4.69. The molecule has 0 spiro atoms. The SMILES string of the molecule is C=C(C(=O)OCC)[C@H](C)C(C)(C)C(O[SiH2]C)O[SiH2]C. The first-order valence-electron chi connectivity index (χ1n) is 6.91. The standard InChI is InChI=1S/C13H28O4Si2/c1-8-15-11(14)9(2)10(3)13(4,5)12(16-18-6)17-19-7/h10,12H,2,8,18-19H2,1,3-7H3/t10-/m0/s1. The predicted molar refractivity (Wildman–Crippen MR) is 83.5 cm³/mol. The van der Waals surface area contributed by atoms with Gasteiger partial charge in [0.05, 0.1) is 6.61 Å². The highest BCUT2D eigenvalue weighted by molar-refractivity contribution is 6.26. The molecule has 0 radical (unpaired) electrons. The summed E-state index contributed by atoms with van der Waals surface area (Å²) in [6.07, 6.45) is -0.248. The van der Waals surface area contributed by atoms with Gasteiger partial charge in [0.25, 0.3) is 0 Å². The number of ether oxygens (including phenoxy) is 1. The Morgan fingerprint density at radius 3 is 2.11 bits per heavy atom. The molecule has 0 aromatic carbocycles. The third-order valence-electron chi connectivity index (χ3n) is 3.42. The summed E-state index contributed by atoms with van der Waals surface area (Å²) < 4.78 is 16.6. The first kappa shape index (κ1) is 18.6. The molecule has 0 aliphatic rings. The molecular weight excluding hydrogens is 276 g/mol. The van der Waals surface area contributed by atoms with Gasteiger partial charge in [-0.2, -0.15) is 0 Å². The van der Waals surface area contributed by atoms with Gasteiger partial charge in [-0.15, -0.1) is 0 Å². The number of hydrogen-bond acceptors (Lipinski definition) is 4. The fraction of sp³-hybridized carbons (Fsp3) is 0.769. The van der Waals surface area contributed by atoms with Crippen molar-refractivity contribution in [2.24, 2.45) is 11.3 Å². The van der Waals surface area contributed by atoms with Crippen LogP contribution in [0.2, 0.25) is 13.1 Å². The van der Waals surface area contributed by atoms with Gasteiger partial charge >= 0.3 is 5.97 Å². The van der Waals surface area contributed by atoms with Crippen molar-refractivity contribution in [3.05, 3.63) is 12.2 Å². The number of rotatable bonds is 9. The van der Waals surface area contributed by atoms with E-state index in [0.717, 1.165) is 0 Å². The van der Waals surface area contributed by atoms with Crippen LogP contribution in [0.3, 0.4) is 0 Å². The Balaban J connectivity index is 4.93. The van der Waals surface area contributed by atoms with E-state index < -0.39 is 19.5 Å². The minimum atomic E-state index is -0.568. The quantitative estimate of drug-likeness (QED) is 0.279. The molecule has 0 aliphatic carbocycles. The van der Waals surface area contributed by atoms with Gasteiger partial charge in [0.15, 0.2) is 19.5 Å². The van der Waals surface area contributed by atoms with Crippen molar-refractivity contribution in [3.8, 4) is 0 Å². The molecule has 0 saturated carbocycles. The molecule has 0 bridgehead atoms. The summed E-state index contributed by atoms with van der Waals surface area (Å²) >= 11 is 0. The van der Waals surface area contributed by atoms with E-state index in [2.05, 4.69) is 33.5 Å². The molecule has 0 rings (SSSR count). The molecule has 0 fully saturated rings. The van der Waals surface area contributed by atoms with Crippen LogP contribution in [0.4, 0.5) is 0 Å². The van der Waals surface area contributed by atoms with Crippen LogP contribution in [0, 0.1) is 11.3 Å². The summed E-state index contributed by atoms with van der Waals surface area (Å²) in [4.78, 5) is 11.8. The fourth-order valence-corrected chi connectivity index (χ4v) is 3.68. The average molecular weight is 305 g/mol. The van der Waals surface area contributed by atoms with Gasteiger partial charge in [0, 0.05) is 11.0 Å². The monoisotopic (exact) mass is 304 g/mol. The largest absolute Gasteiger partial charge is 0.463 e. The first-order valence-corrected chi connectivity index (χ1v) is 10.9. The van der Waals surface area contributed by atoms with E-state index in [1.54, 1.807) is 6.92 Å². The molecule has 0 aliphatic heterocycles. The molecule has 0 unspecified atom stereocenters. The summed E-state index contributed by atoms with van der Waals surface area (Å²) in [6, 6.07) is 0. The van der Waals surface area contributed by atoms with Gasteiger partial charge in [-0.05, 0) is 12.8 Å². The van der Waals surface area contributed by atoms with Crippen molar-refractivity contribution in [3.63, 3.8) is 0 Å². The molecule has 0 amide bonds. The lowest BCUT2D eigenvalue weighted by Crippen LogP contribution is -2.42. The zero-order valence-corrected chi connectivity index (χ0v) is 15.9. The molecule has 0 saturated heterocycles. The maximum absolute atomic E-state index is 11.8. The molecular formula is C13H28O4Si2. The van der Waals surface area contributed by atoms with Gasteiger partial charge in [0.1, 0.15) is 6.29 Å². The lowest BCUT2D eigenvalue weighted by Gasteiger charge is -2.39. The Morgan fingerprint density at radius 2 is 1.74 bits per heavy atom. The molecule has 0 N–H and O–H groups in total. The van der Waals surface area contributed by atoms with Gasteiger partial charge < -0.3 is 13.6 Å². The third kappa shape index (κ3) is 5.21. The summed E-state index contributed by atoms with van der Waals surface area (Å²) in [5.41, 5.74) is 0.190. The van der Waals surface area contributed by atoms with Gasteiger partial charge in [-0.25, -0.2) is 4.79 Å². The van der Waals surface area contributed by atoms with E-state index in [4.69, 9.17) is 13.6 Å². The Bertz CT molecular complexity index is 299. The smallest absolute Gasteiger partial charge is 0.333 e. The molecule has 4 nitrogen and oxygen atoms in total. The molecule has 1 atom stereocenters. The van der Waals surface area contributed by atoms with Gasteiger partial charge in [-0.3, -0.25) is 0 Å². The first-order chi connectivity index (χ1) is 8.82. The van der Waals surface area contributed by atoms with E-state index >= 15 is 0 Å². The molecule has 6 heteroatoms. The second-order valence-electron chi connectivity index (χ2n) is 5.03. The average Bonchev–Trinajstić information content (AvgIpc) is 2.36. The van der Waals surface area contributed by atoms with Crippen LogP contribution in [0.5, 0.6) is 0 Å². The Labute approximate surface area is 121 Å². The van der Waals surface area contributed by atoms with E-state index in [1.807, 2.05) is 6.92 Å². The van der Waals surface area contributed by atoms with Crippen LogP contribution in [0.1, 0.15) is 27.7 Å². The summed E-state index contributed by atoms with van der Waals surface area (Å²) in [5, 5.41) is 0. The van der Waals surface area contributed by atoms with Gasteiger partial charge in [0.2, 0.25) is 0 Å². The Morgan fingerprint density at radius 1 is 1.26 bits per heavy atom.